The number of hydrogen-bond acceptors (Lipinski definition) is 1. The van der Waals surface area contributed by atoms with Crippen molar-refractivity contribution in [3.8, 4) is 6.07 Å². The maximum atomic E-state index is 10.0. The van der Waals surface area contributed by atoms with E-state index < -0.39 is 0 Å². The van der Waals surface area contributed by atoms with Gasteiger partial charge >= 0.3 is 0 Å². The van der Waals surface area contributed by atoms with Crippen molar-refractivity contribution in [3.63, 3.8) is 0 Å². The normalized spacial score (nSPS) is 33.1. The molecule has 0 bridgehead atoms. The quantitative estimate of drug-likeness (QED) is 0.367. The Balaban J connectivity index is 1.72. The Hall–Kier alpha value is -0.510. The zero-order valence-corrected chi connectivity index (χ0v) is 17.2. The summed E-state index contributed by atoms with van der Waals surface area (Å²) in [7, 11) is 0. The smallest absolute Gasteiger partial charge is 0.0692 e. The van der Waals surface area contributed by atoms with Gasteiger partial charge in [0.1, 0.15) is 0 Å². The van der Waals surface area contributed by atoms with Gasteiger partial charge < -0.3 is 0 Å². The standard InChI is InChI=1S/C24H43N/c1-3-5-7-9-11-22-16-18-24(20-25,19-17-22)23-14-12-21(13-15-23)10-8-6-4-2/h21-23H,3-19H2,1-2H3. The highest BCUT2D eigenvalue weighted by Gasteiger charge is 2.43. The highest BCUT2D eigenvalue weighted by Crippen LogP contribution is 2.51. The van der Waals surface area contributed by atoms with E-state index in [1.807, 2.05) is 0 Å². The fourth-order valence-electron chi connectivity index (χ4n) is 5.64. The van der Waals surface area contributed by atoms with Crippen molar-refractivity contribution >= 4 is 0 Å². The second-order valence-electron chi connectivity index (χ2n) is 9.27. The zero-order chi connectivity index (χ0) is 18.0. The number of rotatable bonds is 10. The predicted octanol–water partition coefficient (Wildman–Crippen LogP) is 8.04. The van der Waals surface area contributed by atoms with E-state index in [4.69, 9.17) is 0 Å². The lowest BCUT2D eigenvalue weighted by Crippen LogP contribution is -2.36. The molecule has 0 aliphatic heterocycles. The summed E-state index contributed by atoms with van der Waals surface area (Å²) in [6, 6.07) is 2.85. The van der Waals surface area contributed by atoms with Crippen LogP contribution in [0.5, 0.6) is 0 Å². The second kappa shape index (κ2) is 11.3. The van der Waals surface area contributed by atoms with Gasteiger partial charge in [-0.05, 0) is 56.3 Å². The largest absolute Gasteiger partial charge is 0.198 e. The summed E-state index contributed by atoms with van der Waals surface area (Å²) in [5.74, 6) is 2.60. The molecule has 0 heterocycles. The van der Waals surface area contributed by atoms with Crippen LogP contribution in [0.15, 0.2) is 0 Å². The number of nitriles is 1. The van der Waals surface area contributed by atoms with Crippen LogP contribution in [0.2, 0.25) is 0 Å². The van der Waals surface area contributed by atoms with Gasteiger partial charge in [-0.15, -0.1) is 0 Å². The maximum absolute atomic E-state index is 10.0. The van der Waals surface area contributed by atoms with Crippen molar-refractivity contribution in [1.29, 1.82) is 5.26 Å². The van der Waals surface area contributed by atoms with Crippen LogP contribution in [0.25, 0.3) is 0 Å². The van der Waals surface area contributed by atoms with Gasteiger partial charge in [-0.1, -0.05) is 84.5 Å². The molecular formula is C24H43N. The van der Waals surface area contributed by atoms with Crippen LogP contribution in [0.1, 0.15) is 123 Å². The zero-order valence-electron chi connectivity index (χ0n) is 17.2. The molecule has 1 heteroatoms. The van der Waals surface area contributed by atoms with Gasteiger partial charge in [0.05, 0.1) is 11.5 Å². The van der Waals surface area contributed by atoms with E-state index >= 15 is 0 Å². The van der Waals surface area contributed by atoms with E-state index in [0.29, 0.717) is 5.92 Å². The minimum Gasteiger partial charge on any atom is -0.198 e. The lowest BCUT2D eigenvalue weighted by atomic mass is 9.59. The molecule has 2 aliphatic rings. The summed E-state index contributed by atoms with van der Waals surface area (Å²) in [5, 5.41) is 10.0. The van der Waals surface area contributed by atoms with E-state index in [2.05, 4.69) is 19.9 Å². The van der Waals surface area contributed by atoms with Crippen molar-refractivity contribution in [3.05, 3.63) is 0 Å². The molecule has 0 aromatic carbocycles. The summed E-state index contributed by atoms with van der Waals surface area (Å²) >= 11 is 0. The molecule has 0 N–H and O–H groups in total. The molecule has 0 aromatic heterocycles. The Morgan fingerprint density at radius 3 is 1.80 bits per heavy atom. The second-order valence-corrected chi connectivity index (χ2v) is 9.27. The Labute approximate surface area is 158 Å². The van der Waals surface area contributed by atoms with Crippen LogP contribution in [0.4, 0.5) is 0 Å². The Bertz CT molecular complexity index is 377. The minimum atomic E-state index is 0.0499. The minimum absolute atomic E-state index is 0.0499. The molecule has 2 rings (SSSR count). The molecule has 0 radical (unpaired) electrons. The third kappa shape index (κ3) is 6.30. The van der Waals surface area contributed by atoms with Crippen molar-refractivity contribution in [2.75, 3.05) is 0 Å². The van der Waals surface area contributed by atoms with Crippen molar-refractivity contribution in [2.24, 2.45) is 23.2 Å². The molecule has 0 saturated heterocycles. The molecule has 2 aliphatic carbocycles. The molecule has 2 fully saturated rings. The topological polar surface area (TPSA) is 23.8 Å². The van der Waals surface area contributed by atoms with E-state index in [1.54, 1.807) is 0 Å². The molecule has 144 valence electrons. The maximum Gasteiger partial charge on any atom is 0.0692 e. The molecule has 1 nitrogen and oxygen atoms in total. The first-order valence-electron chi connectivity index (χ1n) is 11.6. The Morgan fingerprint density at radius 2 is 1.24 bits per heavy atom. The number of unbranched alkanes of at least 4 members (excludes halogenated alkanes) is 5. The fourth-order valence-corrected chi connectivity index (χ4v) is 5.64. The lowest BCUT2D eigenvalue weighted by Gasteiger charge is -2.43. The van der Waals surface area contributed by atoms with Gasteiger partial charge in [0.25, 0.3) is 0 Å². The van der Waals surface area contributed by atoms with Crippen LogP contribution in [-0.4, -0.2) is 0 Å². The highest BCUT2D eigenvalue weighted by molar-refractivity contribution is 5.06. The van der Waals surface area contributed by atoms with Gasteiger partial charge in [0.2, 0.25) is 0 Å². The SMILES string of the molecule is CCCCCCC1CCC(C#N)(C2CCC(CCCCC)CC2)CC1. The van der Waals surface area contributed by atoms with Gasteiger partial charge in [0.15, 0.2) is 0 Å². The average molecular weight is 346 g/mol. The monoisotopic (exact) mass is 345 g/mol. The van der Waals surface area contributed by atoms with Crippen LogP contribution < -0.4 is 0 Å². The third-order valence-corrected chi connectivity index (χ3v) is 7.53. The fraction of sp³-hybridized carbons (Fsp3) is 0.958. The molecular weight excluding hydrogens is 302 g/mol. The molecule has 25 heavy (non-hydrogen) atoms. The molecule has 0 amide bonds. The van der Waals surface area contributed by atoms with Crippen molar-refractivity contribution < 1.29 is 0 Å². The van der Waals surface area contributed by atoms with Gasteiger partial charge in [0, 0.05) is 0 Å². The summed E-state index contributed by atoms with van der Waals surface area (Å²) in [6.07, 6.45) is 23.1. The first-order valence-corrected chi connectivity index (χ1v) is 11.6. The first-order chi connectivity index (χ1) is 12.2. The van der Waals surface area contributed by atoms with E-state index in [0.717, 1.165) is 11.8 Å². The van der Waals surface area contributed by atoms with E-state index in [-0.39, 0.29) is 5.41 Å². The van der Waals surface area contributed by atoms with Crippen molar-refractivity contribution in [1.82, 2.24) is 0 Å². The van der Waals surface area contributed by atoms with Crippen molar-refractivity contribution in [2.45, 2.75) is 123 Å². The summed E-state index contributed by atoms with van der Waals surface area (Å²) in [4.78, 5) is 0. The average Bonchev–Trinajstić information content (AvgIpc) is 2.67. The first kappa shape index (κ1) is 20.8. The molecule has 0 spiro atoms. The molecule has 2 saturated carbocycles. The van der Waals surface area contributed by atoms with Gasteiger partial charge in [-0.2, -0.15) is 5.26 Å². The number of hydrogen-bond donors (Lipinski definition) is 0. The molecule has 0 unspecified atom stereocenters. The summed E-state index contributed by atoms with van der Waals surface area (Å²) in [5.41, 5.74) is 0.0499. The predicted molar refractivity (Wildman–Crippen MR) is 108 cm³/mol. The Kier molecular flexibility index (Phi) is 9.36. The molecule has 0 atom stereocenters. The summed E-state index contributed by atoms with van der Waals surface area (Å²) < 4.78 is 0. The molecule has 0 aromatic rings. The highest BCUT2D eigenvalue weighted by atomic mass is 14.5. The van der Waals surface area contributed by atoms with Gasteiger partial charge in [-0.25, -0.2) is 0 Å². The van der Waals surface area contributed by atoms with E-state index in [9.17, 15) is 5.26 Å². The van der Waals surface area contributed by atoms with Gasteiger partial charge in [-0.3, -0.25) is 0 Å². The lowest BCUT2D eigenvalue weighted by molar-refractivity contribution is 0.0842. The van der Waals surface area contributed by atoms with E-state index in [1.165, 1.54) is 109 Å². The number of nitrogens with zero attached hydrogens (tertiary/aromatic N) is 1. The van der Waals surface area contributed by atoms with Crippen LogP contribution in [0.3, 0.4) is 0 Å². The Morgan fingerprint density at radius 1 is 0.720 bits per heavy atom. The van der Waals surface area contributed by atoms with Crippen LogP contribution >= 0.6 is 0 Å². The van der Waals surface area contributed by atoms with Crippen LogP contribution in [0, 0.1) is 34.5 Å². The summed E-state index contributed by atoms with van der Waals surface area (Å²) in [6.45, 7) is 4.59. The van der Waals surface area contributed by atoms with Crippen LogP contribution in [-0.2, 0) is 0 Å². The third-order valence-electron chi connectivity index (χ3n) is 7.53.